The third kappa shape index (κ3) is 3.88. The van der Waals surface area contributed by atoms with Crippen LogP contribution in [0.3, 0.4) is 0 Å². The summed E-state index contributed by atoms with van der Waals surface area (Å²) in [5, 5.41) is 5.73. The highest BCUT2D eigenvalue weighted by molar-refractivity contribution is 6.04. The summed E-state index contributed by atoms with van der Waals surface area (Å²) in [6, 6.07) is 12.5. The number of anilines is 1. The molecule has 1 saturated heterocycles. The van der Waals surface area contributed by atoms with E-state index in [9.17, 15) is 9.59 Å². The molecule has 1 atom stereocenters. The van der Waals surface area contributed by atoms with E-state index in [0.29, 0.717) is 48.9 Å². The highest BCUT2D eigenvalue weighted by Crippen LogP contribution is 2.32. The monoisotopic (exact) mass is 368 g/mol. The first kappa shape index (κ1) is 17.4. The first-order valence-electron chi connectivity index (χ1n) is 8.85. The van der Waals surface area contributed by atoms with E-state index in [0.717, 1.165) is 5.56 Å². The van der Waals surface area contributed by atoms with Crippen molar-refractivity contribution >= 4 is 17.5 Å². The van der Waals surface area contributed by atoms with E-state index in [1.165, 1.54) is 0 Å². The molecule has 1 unspecified atom stereocenters. The standard InChI is InChI=1S/C20H20N2O5/c23-19(14-7-8-25-11-14)22-16-4-2-1-3-15(16)20(24)21-10-13-5-6-17-18(9-13)27-12-26-17/h1-6,9,14H,7-8,10-12H2,(H,21,24)(H,22,23). The van der Waals surface area contributed by atoms with Gasteiger partial charge in [0.15, 0.2) is 11.5 Å². The van der Waals surface area contributed by atoms with Gasteiger partial charge < -0.3 is 24.8 Å². The van der Waals surface area contributed by atoms with Crippen molar-refractivity contribution in [3.8, 4) is 11.5 Å². The van der Waals surface area contributed by atoms with Crippen LogP contribution in [0, 0.1) is 5.92 Å². The highest BCUT2D eigenvalue weighted by atomic mass is 16.7. The molecule has 2 aliphatic rings. The molecule has 0 spiro atoms. The predicted molar refractivity (Wildman–Crippen MR) is 97.7 cm³/mol. The first-order valence-corrected chi connectivity index (χ1v) is 8.85. The van der Waals surface area contributed by atoms with E-state index in [1.54, 1.807) is 24.3 Å². The Morgan fingerprint density at radius 3 is 2.78 bits per heavy atom. The maximum absolute atomic E-state index is 12.6. The average Bonchev–Trinajstić information content (AvgIpc) is 3.38. The summed E-state index contributed by atoms with van der Waals surface area (Å²) in [5.74, 6) is 0.826. The normalized spacial score (nSPS) is 17.6. The molecule has 2 heterocycles. The molecular weight excluding hydrogens is 348 g/mol. The topological polar surface area (TPSA) is 85.9 Å². The molecule has 0 aliphatic carbocycles. The van der Waals surface area contributed by atoms with Crippen LogP contribution in [0.5, 0.6) is 11.5 Å². The SMILES string of the molecule is O=C(NCc1ccc2c(c1)OCO2)c1ccccc1NC(=O)C1CCOC1. The highest BCUT2D eigenvalue weighted by Gasteiger charge is 2.24. The summed E-state index contributed by atoms with van der Waals surface area (Å²) in [6.45, 7) is 1.57. The second-order valence-corrected chi connectivity index (χ2v) is 6.47. The van der Waals surface area contributed by atoms with E-state index in [1.807, 2.05) is 18.2 Å². The number of hydrogen-bond donors (Lipinski definition) is 2. The lowest BCUT2D eigenvalue weighted by atomic mass is 10.1. The van der Waals surface area contributed by atoms with Gasteiger partial charge in [0.25, 0.3) is 5.91 Å². The molecule has 27 heavy (non-hydrogen) atoms. The molecule has 140 valence electrons. The molecule has 0 aromatic heterocycles. The smallest absolute Gasteiger partial charge is 0.253 e. The Balaban J connectivity index is 1.41. The minimum atomic E-state index is -0.258. The van der Waals surface area contributed by atoms with Gasteiger partial charge in [0.1, 0.15) is 0 Å². The molecule has 0 radical (unpaired) electrons. The number of carbonyl (C=O) groups is 2. The largest absolute Gasteiger partial charge is 0.454 e. The van der Waals surface area contributed by atoms with Crippen molar-refractivity contribution < 1.29 is 23.8 Å². The number of ether oxygens (including phenoxy) is 3. The lowest BCUT2D eigenvalue weighted by Crippen LogP contribution is -2.27. The van der Waals surface area contributed by atoms with Crippen LogP contribution < -0.4 is 20.1 Å². The average molecular weight is 368 g/mol. The zero-order chi connectivity index (χ0) is 18.6. The van der Waals surface area contributed by atoms with E-state index >= 15 is 0 Å². The minimum Gasteiger partial charge on any atom is -0.454 e. The molecule has 0 saturated carbocycles. The fourth-order valence-corrected chi connectivity index (χ4v) is 3.09. The number of amides is 2. The molecule has 4 rings (SSSR count). The minimum absolute atomic E-state index is 0.122. The Kier molecular flexibility index (Phi) is 4.93. The molecule has 2 aromatic carbocycles. The fraction of sp³-hybridized carbons (Fsp3) is 0.300. The summed E-state index contributed by atoms with van der Waals surface area (Å²) < 4.78 is 15.9. The molecule has 7 nitrogen and oxygen atoms in total. The van der Waals surface area contributed by atoms with Crippen molar-refractivity contribution in [1.82, 2.24) is 5.32 Å². The second kappa shape index (κ2) is 7.67. The van der Waals surface area contributed by atoms with Gasteiger partial charge in [-0.25, -0.2) is 0 Å². The third-order valence-electron chi connectivity index (χ3n) is 4.62. The quantitative estimate of drug-likeness (QED) is 0.846. The summed E-state index contributed by atoms with van der Waals surface area (Å²) in [4.78, 5) is 25.0. The Bertz CT molecular complexity index is 861. The first-order chi connectivity index (χ1) is 13.2. The van der Waals surface area contributed by atoms with Gasteiger partial charge >= 0.3 is 0 Å². The van der Waals surface area contributed by atoms with E-state index in [-0.39, 0.29) is 24.5 Å². The number of fused-ring (bicyclic) bond motifs is 1. The van der Waals surface area contributed by atoms with Crippen molar-refractivity contribution in [2.45, 2.75) is 13.0 Å². The van der Waals surface area contributed by atoms with Gasteiger partial charge in [0.2, 0.25) is 12.7 Å². The summed E-state index contributed by atoms with van der Waals surface area (Å²) in [5.41, 5.74) is 1.82. The number of carbonyl (C=O) groups excluding carboxylic acids is 2. The van der Waals surface area contributed by atoms with Crippen LogP contribution in [-0.2, 0) is 16.1 Å². The zero-order valence-corrected chi connectivity index (χ0v) is 14.7. The molecule has 0 bridgehead atoms. The van der Waals surface area contributed by atoms with Crippen molar-refractivity contribution in [1.29, 1.82) is 0 Å². The maximum atomic E-state index is 12.6. The van der Waals surface area contributed by atoms with Gasteiger partial charge in [0.05, 0.1) is 23.8 Å². The number of hydrogen-bond acceptors (Lipinski definition) is 5. The molecule has 2 amide bonds. The Morgan fingerprint density at radius 1 is 1.07 bits per heavy atom. The van der Waals surface area contributed by atoms with E-state index in [4.69, 9.17) is 14.2 Å². The number of nitrogens with one attached hydrogen (secondary N) is 2. The molecular formula is C20H20N2O5. The van der Waals surface area contributed by atoms with Gasteiger partial charge in [-0.3, -0.25) is 9.59 Å². The lowest BCUT2D eigenvalue weighted by molar-refractivity contribution is -0.119. The molecule has 2 aromatic rings. The molecule has 7 heteroatoms. The molecule has 1 fully saturated rings. The number of rotatable bonds is 5. The van der Waals surface area contributed by atoms with Crippen molar-refractivity contribution in [2.24, 2.45) is 5.92 Å². The van der Waals surface area contributed by atoms with Gasteiger partial charge in [-0.2, -0.15) is 0 Å². The molecule has 2 aliphatic heterocycles. The van der Waals surface area contributed by atoms with Gasteiger partial charge in [-0.05, 0) is 36.2 Å². The summed E-state index contributed by atoms with van der Waals surface area (Å²) in [7, 11) is 0. The lowest BCUT2D eigenvalue weighted by Gasteiger charge is -2.13. The Labute approximate surface area is 156 Å². The summed E-state index contributed by atoms with van der Waals surface area (Å²) in [6.07, 6.45) is 0.699. The zero-order valence-electron chi connectivity index (χ0n) is 14.7. The van der Waals surface area contributed by atoms with Crippen LogP contribution in [0.15, 0.2) is 42.5 Å². The third-order valence-corrected chi connectivity index (χ3v) is 4.62. The van der Waals surface area contributed by atoms with Gasteiger partial charge in [0, 0.05) is 13.2 Å². The molecule has 2 N–H and O–H groups in total. The maximum Gasteiger partial charge on any atom is 0.253 e. The fourth-order valence-electron chi connectivity index (χ4n) is 3.09. The van der Waals surface area contributed by atoms with E-state index in [2.05, 4.69) is 10.6 Å². The predicted octanol–water partition coefficient (Wildman–Crippen LogP) is 2.32. The Hall–Kier alpha value is -3.06. The Morgan fingerprint density at radius 2 is 1.93 bits per heavy atom. The second-order valence-electron chi connectivity index (χ2n) is 6.47. The van der Waals surface area contributed by atoms with Crippen LogP contribution in [0.2, 0.25) is 0 Å². The van der Waals surface area contributed by atoms with Crippen LogP contribution in [0.4, 0.5) is 5.69 Å². The van der Waals surface area contributed by atoms with Crippen molar-refractivity contribution in [2.75, 3.05) is 25.3 Å². The number of benzene rings is 2. The van der Waals surface area contributed by atoms with Crippen LogP contribution in [0.25, 0.3) is 0 Å². The van der Waals surface area contributed by atoms with Gasteiger partial charge in [-0.1, -0.05) is 18.2 Å². The van der Waals surface area contributed by atoms with Crippen molar-refractivity contribution in [3.05, 3.63) is 53.6 Å². The van der Waals surface area contributed by atoms with Gasteiger partial charge in [-0.15, -0.1) is 0 Å². The van der Waals surface area contributed by atoms with Crippen molar-refractivity contribution in [3.63, 3.8) is 0 Å². The van der Waals surface area contributed by atoms with E-state index < -0.39 is 0 Å². The van der Waals surface area contributed by atoms with Crippen LogP contribution in [0.1, 0.15) is 22.3 Å². The number of para-hydroxylation sites is 1. The van der Waals surface area contributed by atoms with Crippen LogP contribution >= 0.6 is 0 Å². The summed E-state index contributed by atoms with van der Waals surface area (Å²) >= 11 is 0. The van der Waals surface area contributed by atoms with Crippen LogP contribution in [-0.4, -0.2) is 31.8 Å².